The highest BCUT2D eigenvalue weighted by Gasteiger charge is 2.28. The molecule has 0 radical (unpaired) electrons. The number of hydrogen-bond acceptors (Lipinski definition) is 7. The Balaban J connectivity index is 2.56. The van der Waals surface area contributed by atoms with Crippen molar-refractivity contribution in [2.24, 2.45) is 17.6 Å². The number of nitro benzene ring substituents is 1. The van der Waals surface area contributed by atoms with E-state index in [1.54, 1.807) is 13.8 Å². The van der Waals surface area contributed by atoms with Crippen molar-refractivity contribution in [3.05, 3.63) is 34.4 Å². The van der Waals surface area contributed by atoms with Crippen LogP contribution < -0.4 is 27.0 Å². The third kappa shape index (κ3) is 9.15. The molecule has 4 atom stereocenters. The van der Waals surface area contributed by atoms with Crippen LogP contribution in [-0.4, -0.2) is 53.4 Å². The first-order chi connectivity index (χ1) is 15.3. The number of anilines is 1. The second kappa shape index (κ2) is 12.9. The minimum absolute atomic E-state index is 0.0531. The Labute approximate surface area is 194 Å². The smallest absolute Gasteiger partial charge is 0.269 e. The zero-order valence-electron chi connectivity index (χ0n) is 20.0. The average molecular weight is 465 g/mol. The molecular weight excluding hydrogens is 428 g/mol. The van der Waals surface area contributed by atoms with Crippen LogP contribution >= 0.6 is 0 Å². The number of rotatable bonds is 12. The number of amides is 3. The fourth-order valence-electron chi connectivity index (χ4n) is 2.83. The molecule has 0 aliphatic rings. The van der Waals surface area contributed by atoms with E-state index in [-0.39, 0.29) is 41.3 Å². The van der Waals surface area contributed by atoms with Crippen LogP contribution in [0.1, 0.15) is 41.5 Å². The topological polar surface area (TPSA) is 168 Å². The molecule has 1 aromatic rings. The van der Waals surface area contributed by atoms with Crippen molar-refractivity contribution in [2.75, 3.05) is 11.9 Å². The highest BCUT2D eigenvalue weighted by atomic mass is 16.6. The Morgan fingerprint density at radius 3 is 1.97 bits per heavy atom. The third-order valence-electron chi connectivity index (χ3n) is 5.13. The first kappa shape index (κ1) is 28.0. The normalized spacial score (nSPS) is 14.8. The molecule has 1 rings (SSSR count). The molecule has 11 nitrogen and oxygen atoms in total. The lowest BCUT2D eigenvalue weighted by atomic mass is 10.00. The highest BCUT2D eigenvalue weighted by molar-refractivity contribution is 5.94. The number of carbonyl (C=O) groups excluding carboxylic acids is 3. The fourth-order valence-corrected chi connectivity index (χ4v) is 2.83. The summed E-state index contributed by atoms with van der Waals surface area (Å²) in [6.07, 6.45) is 0. The molecule has 0 aliphatic carbocycles. The Hall–Kier alpha value is -3.05. The maximum atomic E-state index is 12.7. The predicted octanol–water partition coefficient (Wildman–Crippen LogP) is 1.14. The Morgan fingerprint density at radius 2 is 1.48 bits per heavy atom. The summed E-state index contributed by atoms with van der Waals surface area (Å²) in [7, 11) is 0. The lowest BCUT2D eigenvalue weighted by Gasteiger charge is -2.26. The number of non-ortho nitro benzene ring substituents is 1. The van der Waals surface area contributed by atoms with E-state index in [9.17, 15) is 24.5 Å². The van der Waals surface area contributed by atoms with Crippen LogP contribution in [0, 0.1) is 22.0 Å². The predicted molar refractivity (Wildman–Crippen MR) is 126 cm³/mol. The van der Waals surface area contributed by atoms with Gasteiger partial charge in [-0.2, -0.15) is 0 Å². The lowest BCUT2D eigenvalue weighted by molar-refractivity contribution is -0.384. The first-order valence-electron chi connectivity index (χ1n) is 11.0. The lowest BCUT2D eigenvalue weighted by Crippen LogP contribution is -2.57. The van der Waals surface area contributed by atoms with Crippen molar-refractivity contribution < 1.29 is 19.3 Å². The molecule has 6 N–H and O–H groups in total. The third-order valence-corrected chi connectivity index (χ3v) is 5.13. The van der Waals surface area contributed by atoms with Gasteiger partial charge in [-0.15, -0.1) is 0 Å². The number of benzene rings is 1. The van der Waals surface area contributed by atoms with Gasteiger partial charge in [0.15, 0.2) is 0 Å². The summed E-state index contributed by atoms with van der Waals surface area (Å²) in [5, 5.41) is 22.0. The van der Waals surface area contributed by atoms with E-state index in [4.69, 9.17) is 5.73 Å². The van der Waals surface area contributed by atoms with Crippen LogP contribution in [0.2, 0.25) is 0 Å². The quantitative estimate of drug-likeness (QED) is 0.228. The molecule has 0 saturated heterocycles. The minimum Gasteiger partial charge on any atom is -0.351 e. The maximum absolute atomic E-state index is 12.7. The summed E-state index contributed by atoms with van der Waals surface area (Å²) in [4.78, 5) is 47.5. The number of nitrogens with one attached hydrogen (secondary N) is 4. The van der Waals surface area contributed by atoms with Crippen LogP contribution in [0.5, 0.6) is 0 Å². The maximum Gasteiger partial charge on any atom is 0.269 e. The van der Waals surface area contributed by atoms with Crippen LogP contribution in [0.4, 0.5) is 11.4 Å². The number of nitrogens with zero attached hydrogens (tertiary/aromatic N) is 1. The number of hydrogen-bond donors (Lipinski definition) is 5. The van der Waals surface area contributed by atoms with Crippen molar-refractivity contribution in [3.8, 4) is 0 Å². The Bertz CT molecular complexity index is 827. The molecule has 0 fully saturated rings. The summed E-state index contributed by atoms with van der Waals surface area (Å²) in [6, 6.07) is 3.20. The average Bonchev–Trinajstić information content (AvgIpc) is 2.74. The van der Waals surface area contributed by atoms with Crippen molar-refractivity contribution in [2.45, 2.75) is 65.7 Å². The Kier molecular flexibility index (Phi) is 10.9. The van der Waals surface area contributed by atoms with E-state index >= 15 is 0 Å². The van der Waals surface area contributed by atoms with Gasteiger partial charge in [-0.3, -0.25) is 24.5 Å². The Morgan fingerprint density at radius 1 is 0.909 bits per heavy atom. The van der Waals surface area contributed by atoms with E-state index in [2.05, 4.69) is 21.3 Å². The molecule has 33 heavy (non-hydrogen) atoms. The molecule has 11 heteroatoms. The van der Waals surface area contributed by atoms with Gasteiger partial charge in [-0.05, 0) is 37.8 Å². The first-order valence-corrected chi connectivity index (χ1v) is 11.0. The summed E-state index contributed by atoms with van der Waals surface area (Å²) in [5.74, 6) is -1.22. The second-order valence-electron chi connectivity index (χ2n) is 8.83. The number of carbonyl (C=O) groups is 3. The van der Waals surface area contributed by atoms with Gasteiger partial charge >= 0.3 is 0 Å². The van der Waals surface area contributed by atoms with Crippen LogP contribution in [0.25, 0.3) is 0 Å². The van der Waals surface area contributed by atoms with Crippen molar-refractivity contribution in [1.29, 1.82) is 0 Å². The van der Waals surface area contributed by atoms with Crippen molar-refractivity contribution >= 4 is 29.1 Å². The molecule has 0 unspecified atom stereocenters. The number of nitro groups is 1. The molecule has 0 aromatic heterocycles. The minimum atomic E-state index is -0.729. The molecule has 0 aliphatic heterocycles. The van der Waals surface area contributed by atoms with Crippen LogP contribution in [-0.2, 0) is 14.4 Å². The molecule has 0 bridgehead atoms. The van der Waals surface area contributed by atoms with Gasteiger partial charge in [-0.1, -0.05) is 27.7 Å². The van der Waals surface area contributed by atoms with E-state index in [0.29, 0.717) is 12.2 Å². The molecule has 3 amide bonds. The van der Waals surface area contributed by atoms with Gasteiger partial charge in [0.25, 0.3) is 5.69 Å². The van der Waals surface area contributed by atoms with E-state index in [0.717, 1.165) is 0 Å². The standard InChI is InChI=1S/C22H36N6O5/c1-12(2)18(23)21(30)27-19(13(3)4)22(31)25-14(5)11-24-15(6)20(29)26-16-7-9-17(10-8-16)28(32)33/h7-10,12-15,18-19,24H,11,23H2,1-6H3,(H,25,31)(H,26,29)(H,27,30)/t14-,15-,18-,19-/m0/s1. The van der Waals surface area contributed by atoms with Crippen LogP contribution in [0.15, 0.2) is 24.3 Å². The van der Waals surface area contributed by atoms with E-state index in [1.165, 1.54) is 24.3 Å². The zero-order chi connectivity index (χ0) is 25.3. The van der Waals surface area contributed by atoms with E-state index < -0.39 is 23.0 Å². The summed E-state index contributed by atoms with van der Waals surface area (Å²) < 4.78 is 0. The summed E-state index contributed by atoms with van der Waals surface area (Å²) in [5.41, 5.74) is 6.25. The SMILES string of the molecule is CC(C)[C@H](N)C(=O)N[C@H](C(=O)N[C@@H](C)CN[C@@H](C)C(=O)Nc1ccc([N+](=O)[O-])cc1)C(C)C. The van der Waals surface area contributed by atoms with Crippen LogP contribution in [0.3, 0.4) is 0 Å². The highest BCUT2D eigenvalue weighted by Crippen LogP contribution is 2.15. The van der Waals surface area contributed by atoms with Gasteiger partial charge in [0.2, 0.25) is 17.7 Å². The second-order valence-corrected chi connectivity index (χ2v) is 8.83. The molecule has 1 aromatic carbocycles. The van der Waals surface area contributed by atoms with Gasteiger partial charge in [-0.25, -0.2) is 0 Å². The van der Waals surface area contributed by atoms with E-state index in [1.807, 2.05) is 27.7 Å². The van der Waals surface area contributed by atoms with Gasteiger partial charge in [0, 0.05) is 30.4 Å². The van der Waals surface area contributed by atoms with Gasteiger partial charge in [0.05, 0.1) is 17.0 Å². The molecule has 0 heterocycles. The monoisotopic (exact) mass is 464 g/mol. The molecule has 0 saturated carbocycles. The van der Waals surface area contributed by atoms with Crippen molar-refractivity contribution in [3.63, 3.8) is 0 Å². The summed E-state index contributed by atoms with van der Waals surface area (Å²) in [6.45, 7) is 11.1. The zero-order valence-corrected chi connectivity index (χ0v) is 20.0. The van der Waals surface area contributed by atoms with Gasteiger partial charge < -0.3 is 27.0 Å². The molecule has 184 valence electrons. The number of nitrogens with two attached hydrogens (primary N) is 1. The molecular formula is C22H36N6O5. The fraction of sp³-hybridized carbons (Fsp3) is 0.591. The molecule has 0 spiro atoms. The largest absolute Gasteiger partial charge is 0.351 e. The van der Waals surface area contributed by atoms with Gasteiger partial charge in [0.1, 0.15) is 6.04 Å². The summed E-state index contributed by atoms with van der Waals surface area (Å²) >= 11 is 0. The van der Waals surface area contributed by atoms with Crippen molar-refractivity contribution in [1.82, 2.24) is 16.0 Å².